The lowest BCUT2D eigenvalue weighted by Crippen LogP contribution is -2.58. The van der Waals surface area contributed by atoms with Crippen molar-refractivity contribution >= 4 is 28.3 Å². The molecule has 0 bridgehead atoms. The van der Waals surface area contributed by atoms with Crippen LogP contribution < -0.4 is 10.1 Å². The van der Waals surface area contributed by atoms with Gasteiger partial charge in [0.05, 0.1) is 42.1 Å². The zero-order valence-corrected chi connectivity index (χ0v) is 21.7. The monoisotopic (exact) mass is 520 g/mol. The van der Waals surface area contributed by atoms with E-state index in [9.17, 15) is 14.0 Å². The molecule has 1 N–H and O–H groups in total. The number of nitrogens with one attached hydrogen (secondary N) is 1. The first-order valence-electron chi connectivity index (χ1n) is 12.7. The number of halogens is 1. The zero-order valence-electron chi connectivity index (χ0n) is 21.7. The molecule has 0 saturated carbocycles. The van der Waals surface area contributed by atoms with Crippen molar-refractivity contribution in [3.63, 3.8) is 0 Å². The highest BCUT2D eigenvalue weighted by atomic mass is 19.1. The minimum atomic E-state index is -1.00. The van der Waals surface area contributed by atoms with E-state index in [0.717, 1.165) is 6.42 Å². The average molecular weight is 521 g/mol. The third-order valence-electron chi connectivity index (χ3n) is 7.69. The van der Waals surface area contributed by atoms with Crippen LogP contribution in [0.5, 0.6) is 11.5 Å². The summed E-state index contributed by atoms with van der Waals surface area (Å²) in [5, 5.41) is 8.11. The average Bonchev–Trinajstić information content (AvgIpc) is 3.56. The van der Waals surface area contributed by atoms with E-state index < -0.39 is 17.8 Å². The highest BCUT2D eigenvalue weighted by Crippen LogP contribution is 2.35. The summed E-state index contributed by atoms with van der Waals surface area (Å²) in [7, 11) is 0. The fraction of sp³-hybridized carbons (Fsp3) is 0.393. The lowest BCUT2D eigenvalue weighted by Gasteiger charge is -2.41. The number of carbonyl (C=O) groups excluding carboxylic acids is 2. The molecule has 3 aromatic heterocycles. The molecule has 0 radical (unpaired) electrons. The summed E-state index contributed by atoms with van der Waals surface area (Å²) in [4.78, 5) is 27.7. The number of hydrogen-bond acceptors (Lipinski definition) is 6. The summed E-state index contributed by atoms with van der Waals surface area (Å²) >= 11 is 0. The molecular formula is C28H29FN4O5. The molecule has 0 aliphatic carbocycles. The Kier molecular flexibility index (Phi) is 5.68. The minimum Gasteiger partial charge on any atom is -0.460 e. The summed E-state index contributed by atoms with van der Waals surface area (Å²) in [5.74, 6) is 1.11. The first kappa shape index (κ1) is 24.4. The maximum Gasteiger partial charge on any atom is 0.256 e. The van der Waals surface area contributed by atoms with Crippen LogP contribution in [0.3, 0.4) is 0 Å². The largest absolute Gasteiger partial charge is 0.460 e. The molecule has 2 aliphatic rings. The van der Waals surface area contributed by atoms with E-state index in [0.29, 0.717) is 63.6 Å². The summed E-state index contributed by atoms with van der Waals surface area (Å²) in [5.41, 5.74) is 2.42. The van der Waals surface area contributed by atoms with E-state index in [4.69, 9.17) is 13.9 Å². The standard InChI is InChI=1S/C28H29FN4O5/c1-15-20(27(35)32-13-21(29)16(32)2)12-33-25(15)22(7-9-30-33)38-18-5-6-19-23(11-18)37-17(3)24(19)26(34)31-28(4)8-10-36-14-28/h5-7,9,11-12,16,21H,8,10,13-14H2,1-4H3,(H,31,34)/t16-,21+,28+/m1/s1. The SMILES string of the molecule is Cc1oc2cc(Oc3ccnn4cc(C(=O)N5C[C@H](F)[C@H]5C)c(C)c34)ccc2c1C(=O)N[C@@]1(C)CCOC1. The van der Waals surface area contributed by atoms with Crippen LogP contribution in [0.15, 0.2) is 41.1 Å². The predicted molar refractivity (Wildman–Crippen MR) is 138 cm³/mol. The molecule has 2 fully saturated rings. The third kappa shape index (κ3) is 3.91. The van der Waals surface area contributed by atoms with Crippen LogP contribution in [0, 0.1) is 13.8 Å². The van der Waals surface area contributed by atoms with Crippen molar-refractivity contribution in [3.05, 3.63) is 59.1 Å². The highest BCUT2D eigenvalue weighted by Gasteiger charge is 2.40. The van der Waals surface area contributed by atoms with Gasteiger partial charge in [0.15, 0.2) is 5.75 Å². The number of rotatable bonds is 5. The van der Waals surface area contributed by atoms with E-state index in [1.807, 2.05) is 13.8 Å². The van der Waals surface area contributed by atoms with Crippen molar-refractivity contribution in [2.75, 3.05) is 19.8 Å². The first-order valence-corrected chi connectivity index (χ1v) is 12.7. The summed E-state index contributed by atoms with van der Waals surface area (Å²) in [6, 6.07) is 6.60. The summed E-state index contributed by atoms with van der Waals surface area (Å²) in [6.45, 7) is 8.47. The smallest absolute Gasteiger partial charge is 0.256 e. The molecule has 2 saturated heterocycles. The Bertz CT molecular complexity index is 1590. The van der Waals surface area contributed by atoms with Crippen LogP contribution in [-0.4, -0.2) is 63.8 Å². The highest BCUT2D eigenvalue weighted by molar-refractivity contribution is 6.07. The van der Waals surface area contributed by atoms with Crippen LogP contribution in [0.1, 0.15) is 52.3 Å². The van der Waals surface area contributed by atoms with E-state index in [1.165, 1.54) is 4.90 Å². The number of alkyl halides is 1. The van der Waals surface area contributed by atoms with Gasteiger partial charge in [-0.05, 0) is 51.8 Å². The van der Waals surface area contributed by atoms with Gasteiger partial charge in [0.1, 0.15) is 28.8 Å². The van der Waals surface area contributed by atoms with E-state index in [1.54, 1.807) is 55.0 Å². The first-order chi connectivity index (χ1) is 18.1. The molecule has 10 heteroatoms. The van der Waals surface area contributed by atoms with Crippen molar-refractivity contribution < 1.29 is 27.9 Å². The fourth-order valence-corrected chi connectivity index (χ4v) is 5.28. The Balaban J connectivity index is 1.29. The fourth-order valence-electron chi connectivity index (χ4n) is 5.28. The van der Waals surface area contributed by atoms with Gasteiger partial charge in [-0.25, -0.2) is 8.91 Å². The predicted octanol–water partition coefficient (Wildman–Crippen LogP) is 4.58. The zero-order chi connectivity index (χ0) is 26.8. The second kappa shape index (κ2) is 8.83. The quantitative estimate of drug-likeness (QED) is 0.414. The molecule has 5 heterocycles. The van der Waals surface area contributed by atoms with Crippen LogP contribution in [-0.2, 0) is 4.74 Å². The number of carbonyl (C=O) groups is 2. The van der Waals surface area contributed by atoms with Gasteiger partial charge in [0.2, 0.25) is 0 Å². The number of likely N-dealkylation sites (tertiary alicyclic amines) is 1. The van der Waals surface area contributed by atoms with E-state index in [2.05, 4.69) is 10.4 Å². The number of hydrogen-bond donors (Lipinski definition) is 1. The second-order valence-electron chi connectivity index (χ2n) is 10.5. The second-order valence-corrected chi connectivity index (χ2v) is 10.5. The van der Waals surface area contributed by atoms with Gasteiger partial charge in [-0.1, -0.05) is 0 Å². The summed E-state index contributed by atoms with van der Waals surface area (Å²) in [6.07, 6.45) is 2.99. The Morgan fingerprint density at radius 2 is 2.08 bits per heavy atom. The minimum absolute atomic E-state index is 0.0953. The number of fused-ring (bicyclic) bond motifs is 2. The normalized spacial score (nSPS) is 23.1. The molecule has 2 amide bonds. The molecule has 4 aromatic rings. The number of benzene rings is 1. The maximum atomic E-state index is 13.7. The molecule has 198 valence electrons. The van der Waals surface area contributed by atoms with Crippen LogP contribution in [0.25, 0.3) is 16.5 Å². The van der Waals surface area contributed by atoms with Gasteiger partial charge in [0.25, 0.3) is 11.8 Å². The Morgan fingerprint density at radius 3 is 2.79 bits per heavy atom. The van der Waals surface area contributed by atoms with E-state index >= 15 is 0 Å². The maximum absolute atomic E-state index is 13.7. The van der Waals surface area contributed by atoms with Crippen molar-refractivity contribution in [2.24, 2.45) is 0 Å². The van der Waals surface area contributed by atoms with Gasteiger partial charge < -0.3 is 24.1 Å². The van der Waals surface area contributed by atoms with Gasteiger partial charge in [-0.2, -0.15) is 5.10 Å². The number of aryl methyl sites for hydroxylation is 2. The Labute approximate surface area is 218 Å². The number of furan rings is 1. The van der Waals surface area contributed by atoms with Crippen LogP contribution >= 0.6 is 0 Å². The van der Waals surface area contributed by atoms with Crippen molar-refractivity contribution in [2.45, 2.75) is 51.9 Å². The van der Waals surface area contributed by atoms with Crippen molar-refractivity contribution in [1.29, 1.82) is 0 Å². The number of ether oxygens (including phenoxy) is 2. The molecule has 9 nitrogen and oxygen atoms in total. The molecule has 0 spiro atoms. The molecule has 1 aromatic carbocycles. The van der Waals surface area contributed by atoms with E-state index in [-0.39, 0.29) is 18.4 Å². The van der Waals surface area contributed by atoms with Crippen LogP contribution in [0.2, 0.25) is 0 Å². The third-order valence-corrected chi connectivity index (χ3v) is 7.69. The molecule has 0 unspecified atom stereocenters. The molecule has 6 rings (SSSR count). The Morgan fingerprint density at radius 1 is 1.26 bits per heavy atom. The lowest BCUT2D eigenvalue weighted by atomic mass is 10.0. The lowest BCUT2D eigenvalue weighted by molar-refractivity contribution is 0.00637. The van der Waals surface area contributed by atoms with Gasteiger partial charge in [-0.15, -0.1) is 0 Å². The molecular weight excluding hydrogens is 491 g/mol. The van der Waals surface area contributed by atoms with Crippen molar-refractivity contribution in [1.82, 2.24) is 19.8 Å². The van der Waals surface area contributed by atoms with Gasteiger partial charge >= 0.3 is 0 Å². The van der Waals surface area contributed by atoms with Gasteiger partial charge in [0, 0.05) is 30.3 Å². The number of nitrogens with zero attached hydrogens (tertiary/aromatic N) is 3. The van der Waals surface area contributed by atoms with Gasteiger partial charge in [-0.3, -0.25) is 9.59 Å². The Hall–Kier alpha value is -3.92. The summed E-state index contributed by atoms with van der Waals surface area (Å²) < 4.78 is 32.9. The topological polar surface area (TPSA) is 98.3 Å². The number of aromatic nitrogens is 2. The number of amides is 2. The van der Waals surface area contributed by atoms with Crippen molar-refractivity contribution in [3.8, 4) is 11.5 Å². The van der Waals surface area contributed by atoms with Crippen LogP contribution in [0.4, 0.5) is 4.39 Å². The molecule has 38 heavy (non-hydrogen) atoms. The molecule has 3 atom stereocenters. The molecule has 2 aliphatic heterocycles.